The van der Waals surface area contributed by atoms with Crippen molar-refractivity contribution in [3.05, 3.63) is 228 Å². The summed E-state index contributed by atoms with van der Waals surface area (Å²) in [6, 6.07) is 68.6. The second kappa shape index (κ2) is 15.1. The standard InChI is InChI=1S/C55H39N5/c1-4-16-36(17-5-1)42-22-10-11-23-43(42)39-32-40(34-41(33-39)55-59-53(37-18-6-2-7-19-37)58-54(60-55)38-20-8-3-9-21-38)44-28-29-49(46-25-13-12-24-45(44)46)52-50-35-56-31-30-47(50)48-26-14-15-27-51(48)57-52/h1-34,55-56H,35H2,(H,58,59,60). The van der Waals surface area contributed by atoms with E-state index < -0.39 is 6.17 Å². The van der Waals surface area contributed by atoms with Crippen LogP contribution < -0.4 is 10.6 Å². The van der Waals surface area contributed by atoms with E-state index in [1.54, 1.807) is 0 Å². The molecule has 0 amide bonds. The molecule has 0 saturated carbocycles. The van der Waals surface area contributed by atoms with E-state index in [2.05, 4.69) is 174 Å². The summed E-state index contributed by atoms with van der Waals surface area (Å²) < 4.78 is 0. The molecule has 1 aromatic heterocycles. The van der Waals surface area contributed by atoms with Crippen molar-refractivity contribution in [1.29, 1.82) is 0 Å². The van der Waals surface area contributed by atoms with Crippen molar-refractivity contribution in [3.63, 3.8) is 0 Å². The van der Waals surface area contributed by atoms with Crippen LogP contribution in [0.25, 0.3) is 72.4 Å². The molecule has 1 unspecified atom stereocenters. The van der Waals surface area contributed by atoms with Gasteiger partial charge >= 0.3 is 0 Å². The van der Waals surface area contributed by atoms with E-state index >= 15 is 0 Å². The molecular weight excluding hydrogens is 731 g/mol. The van der Waals surface area contributed by atoms with Gasteiger partial charge in [0, 0.05) is 34.2 Å². The Bertz CT molecular complexity index is 3170. The van der Waals surface area contributed by atoms with Gasteiger partial charge in [0.25, 0.3) is 0 Å². The molecule has 0 aliphatic carbocycles. The lowest BCUT2D eigenvalue weighted by molar-refractivity contribution is 0.674. The number of rotatable bonds is 7. The van der Waals surface area contributed by atoms with Crippen LogP contribution in [-0.2, 0) is 6.54 Å². The molecule has 0 bridgehead atoms. The van der Waals surface area contributed by atoms with Crippen LogP contribution in [0.1, 0.15) is 34.0 Å². The number of nitrogens with zero attached hydrogens (tertiary/aromatic N) is 3. The van der Waals surface area contributed by atoms with Gasteiger partial charge < -0.3 is 10.6 Å². The van der Waals surface area contributed by atoms with E-state index in [4.69, 9.17) is 15.0 Å². The van der Waals surface area contributed by atoms with Crippen LogP contribution in [0.5, 0.6) is 0 Å². The van der Waals surface area contributed by atoms with Crippen molar-refractivity contribution in [3.8, 4) is 44.6 Å². The van der Waals surface area contributed by atoms with Gasteiger partial charge in [-0.3, -0.25) is 0 Å². The van der Waals surface area contributed by atoms with Crippen LogP contribution in [0.3, 0.4) is 0 Å². The highest BCUT2D eigenvalue weighted by molar-refractivity contribution is 6.13. The highest BCUT2D eigenvalue weighted by Crippen LogP contribution is 2.42. The molecule has 60 heavy (non-hydrogen) atoms. The van der Waals surface area contributed by atoms with Crippen LogP contribution >= 0.6 is 0 Å². The summed E-state index contributed by atoms with van der Waals surface area (Å²) in [5.74, 6) is 1.48. The summed E-state index contributed by atoms with van der Waals surface area (Å²) in [7, 11) is 0. The van der Waals surface area contributed by atoms with Crippen LogP contribution in [0.4, 0.5) is 0 Å². The van der Waals surface area contributed by atoms with Crippen LogP contribution in [0.2, 0.25) is 0 Å². The van der Waals surface area contributed by atoms with Crippen molar-refractivity contribution in [2.24, 2.45) is 9.98 Å². The smallest absolute Gasteiger partial charge is 0.159 e. The van der Waals surface area contributed by atoms with Gasteiger partial charge in [-0.25, -0.2) is 15.0 Å². The molecule has 0 spiro atoms. The molecule has 5 nitrogen and oxygen atoms in total. The highest BCUT2D eigenvalue weighted by atomic mass is 15.2. The van der Waals surface area contributed by atoms with E-state index in [0.29, 0.717) is 5.84 Å². The molecule has 284 valence electrons. The molecule has 2 aliphatic rings. The minimum Gasteiger partial charge on any atom is -0.387 e. The molecule has 2 N–H and O–H groups in total. The molecule has 8 aromatic carbocycles. The SMILES string of the molecule is C1=Cc2c(c(-c3ccc(-c4cc(-c5ccccc5-c5ccccc5)cc(C5N=C(c6ccccc6)N=C(c6ccccc6)N5)c4)c4ccccc34)nc3ccccc23)CN1. The summed E-state index contributed by atoms with van der Waals surface area (Å²) in [5, 5.41) is 10.7. The molecule has 1 atom stereocenters. The molecule has 5 heteroatoms. The van der Waals surface area contributed by atoms with Crippen LogP contribution in [0.15, 0.2) is 210 Å². The number of aliphatic imine (C=N–C) groups is 2. The fourth-order valence-corrected chi connectivity index (χ4v) is 8.73. The zero-order chi connectivity index (χ0) is 39.8. The third-order valence-corrected chi connectivity index (χ3v) is 11.6. The van der Waals surface area contributed by atoms with Gasteiger partial charge in [-0.2, -0.15) is 0 Å². The van der Waals surface area contributed by atoms with Crippen molar-refractivity contribution in [2.45, 2.75) is 12.7 Å². The number of aromatic nitrogens is 1. The van der Waals surface area contributed by atoms with Gasteiger partial charge in [-0.05, 0) is 91.8 Å². The predicted octanol–water partition coefficient (Wildman–Crippen LogP) is 12.6. The molecule has 2 aliphatic heterocycles. The normalized spacial score (nSPS) is 14.5. The zero-order valence-electron chi connectivity index (χ0n) is 32.8. The minimum atomic E-state index is -0.407. The Labute approximate surface area is 349 Å². The molecule has 0 fully saturated rings. The largest absolute Gasteiger partial charge is 0.387 e. The van der Waals surface area contributed by atoms with Crippen molar-refractivity contribution in [1.82, 2.24) is 15.6 Å². The molecular formula is C55H39N5. The molecule has 11 rings (SSSR count). The Morgan fingerprint density at radius 1 is 0.467 bits per heavy atom. The van der Waals surface area contributed by atoms with Gasteiger partial charge in [0.05, 0.1) is 11.2 Å². The number of hydrogen-bond acceptors (Lipinski definition) is 5. The van der Waals surface area contributed by atoms with Gasteiger partial charge in [0.1, 0.15) is 12.0 Å². The van der Waals surface area contributed by atoms with E-state index in [-0.39, 0.29) is 0 Å². The topological polar surface area (TPSA) is 61.7 Å². The number of fused-ring (bicyclic) bond motifs is 4. The second-order valence-corrected chi connectivity index (χ2v) is 15.2. The van der Waals surface area contributed by atoms with Gasteiger partial charge in [-0.15, -0.1) is 0 Å². The first-order chi connectivity index (χ1) is 29.7. The maximum absolute atomic E-state index is 5.33. The Morgan fingerprint density at radius 3 is 1.77 bits per heavy atom. The Hall–Kier alpha value is -7.89. The first kappa shape index (κ1) is 35.3. The first-order valence-corrected chi connectivity index (χ1v) is 20.4. The number of pyridine rings is 1. The molecule has 0 radical (unpaired) electrons. The fraction of sp³-hybridized carbons (Fsp3) is 0.0364. The highest BCUT2D eigenvalue weighted by Gasteiger charge is 2.24. The van der Waals surface area contributed by atoms with E-state index in [0.717, 1.165) is 78.9 Å². The summed E-state index contributed by atoms with van der Waals surface area (Å²) in [4.78, 5) is 15.7. The van der Waals surface area contributed by atoms with Crippen molar-refractivity contribution in [2.75, 3.05) is 0 Å². The van der Waals surface area contributed by atoms with Crippen LogP contribution in [-0.4, -0.2) is 16.7 Å². The zero-order valence-corrected chi connectivity index (χ0v) is 32.8. The Morgan fingerprint density at radius 2 is 1.03 bits per heavy atom. The minimum absolute atomic E-state index is 0.407. The third-order valence-electron chi connectivity index (χ3n) is 11.6. The fourth-order valence-electron chi connectivity index (χ4n) is 8.73. The number of benzene rings is 8. The first-order valence-electron chi connectivity index (χ1n) is 20.4. The van der Waals surface area contributed by atoms with Crippen LogP contribution in [0, 0.1) is 0 Å². The van der Waals surface area contributed by atoms with Gasteiger partial charge in [0.2, 0.25) is 0 Å². The number of hydrogen-bond donors (Lipinski definition) is 2. The van der Waals surface area contributed by atoms with Gasteiger partial charge in [0.15, 0.2) is 5.84 Å². The second-order valence-electron chi connectivity index (χ2n) is 15.2. The maximum Gasteiger partial charge on any atom is 0.159 e. The number of para-hydroxylation sites is 1. The maximum atomic E-state index is 5.33. The van der Waals surface area contributed by atoms with E-state index in [1.165, 1.54) is 27.6 Å². The average molecular weight is 770 g/mol. The van der Waals surface area contributed by atoms with E-state index in [1.807, 2.05) is 42.6 Å². The summed E-state index contributed by atoms with van der Waals surface area (Å²) >= 11 is 0. The lowest BCUT2D eigenvalue weighted by Gasteiger charge is -2.25. The Balaban J connectivity index is 1.12. The van der Waals surface area contributed by atoms with Crippen molar-refractivity contribution < 1.29 is 0 Å². The Kier molecular flexibility index (Phi) is 8.90. The summed E-state index contributed by atoms with van der Waals surface area (Å²) in [6.07, 6.45) is 3.82. The lowest BCUT2D eigenvalue weighted by Crippen LogP contribution is -2.33. The third kappa shape index (κ3) is 6.43. The van der Waals surface area contributed by atoms with Gasteiger partial charge in [-0.1, -0.05) is 170 Å². The number of nitrogens with one attached hydrogen (secondary N) is 2. The molecule has 3 heterocycles. The summed E-state index contributed by atoms with van der Waals surface area (Å²) in [6.45, 7) is 0.718. The van der Waals surface area contributed by atoms with Crippen molar-refractivity contribution >= 4 is 39.4 Å². The lowest BCUT2D eigenvalue weighted by atomic mass is 9.87. The summed E-state index contributed by atoms with van der Waals surface area (Å²) in [5.41, 5.74) is 15.4. The molecule has 9 aromatic rings. The quantitative estimate of drug-likeness (QED) is 0.170. The predicted molar refractivity (Wildman–Crippen MR) is 249 cm³/mol. The monoisotopic (exact) mass is 769 g/mol. The van der Waals surface area contributed by atoms with E-state index in [9.17, 15) is 0 Å². The number of amidine groups is 2. The average Bonchev–Trinajstić information content (AvgIpc) is 3.34. The molecule has 0 saturated heterocycles.